The Hall–Kier alpha value is -1.17. The summed E-state index contributed by atoms with van der Waals surface area (Å²) in [6.07, 6.45) is 1.51. The summed E-state index contributed by atoms with van der Waals surface area (Å²) in [5.41, 5.74) is 0.280. The van der Waals surface area contributed by atoms with Gasteiger partial charge in [0.15, 0.2) is 0 Å². The number of carbonyl (C=O) groups is 1. The summed E-state index contributed by atoms with van der Waals surface area (Å²) in [6.45, 7) is 2.87. The van der Waals surface area contributed by atoms with Crippen LogP contribution in [-0.4, -0.2) is 29.9 Å². The summed E-state index contributed by atoms with van der Waals surface area (Å²) in [4.78, 5) is 13.0. The van der Waals surface area contributed by atoms with Gasteiger partial charge < -0.3 is 10.2 Å². The monoisotopic (exact) mass is 332 g/mol. The van der Waals surface area contributed by atoms with Crippen molar-refractivity contribution in [1.82, 2.24) is 4.90 Å². The number of amides is 1. The number of hydrogen-bond donors (Lipinski definition) is 1. The summed E-state index contributed by atoms with van der Waals surface area (Å²) in [7, 11) is 0. The van der Waals surface area contributed by atoms with Gasteiger partial charge in [-0.3, -0.25) is 4.79 Å². The molecule has 1 saturated heterocycles. The number of benzene rings is 1. The Morgan fingerprint density at radius 2 is 2.00 bits per heavy atom. The van der Waals surface area contributed by atoms with Gasteiger partial charge in [-0.2, -0.15) is 0 Å². The van der Waals surface area contributed by atoms with Gasteiger partial charge in [-0.25, -0.2) is 8.78 Å². The van der Waals surface area contributed by atoms with Crippen molar-refractivity contribution in [3.63, 3.8) is 0 Å². The molecule has 6 heteroatoms. The molecule has 1 aliphatic rings. The maximum absolute atomic E-state index is 13.7. The quantitative estimate of drug-likeness (QED) is 0.902. The molecule has 0 aromatic heterocycles. The smallest absolute Gasteiger partial charge is 0.219 e. The summed E-state index contributed by atoms with van der Waals surface area (Å²) in [5, 5.41) is 3.08. The highest BCUT2D eigenvalue weighted by atomic mass is 79.9. The van der Waals surface area contributed by atoms with E-state index in [9.17, 15) is 13.6 Å². The zero-order chi connectivity index (χ0) is 14.0. The van der Waals surface area contributed by atoms with E-state index < -0.39 is 11.6 Å². The Morgan fingerprint density at radius 3 is 2.53 bits per heavy atom. The fourth-order valence-corrected chi connectivity index (χ4v) is 2.75. The zero-order valence-electron chi connectivity index (χ0n) is 10.5. The number of hydrogen-bond acceptors (Lipinski definition) is 2. The van der Waals surface area contributed by atoms with Crippen molar-refractivity contribution < 1.29 is 13.6 Å². The van der Waals surface area contributed by atoms with Gasteiger partial charge in [-0.15, -0.1) is 0 Å². The summed E-state index contributed by atoms with van der Waals surface area (Å²) in [5.74, 6) is -1.16. The number of carbonyl (C=O) groups excluding carboxylic acids is 1. The predicted molar refractivity (Wildman–Crippen MR) is 73.0 cm³/mol. The third-order valence-electron chi connectivity index (χ3n) is 3.30. The number of nitrogens with one attached hydrogen (secondary N) is 1. The second-order valence-corrected chi connectivity index (χ2v) is 5.52. The molecule has 0 radical (unpaired) electrons. The lowest BCUT2D eigenvalue weighted by atomic mass is 10.0. The van der Waals surface area contributed by atoms with Gasteiger partial charge in [0.25, 0.3) is 0 Å². The molecule has 0 unspecified atom stereocenters. The molecule has 1 aromatic carbocycles. The minimum atomic E-state index is -0.610. The van der Waals surface area contributed by atoms with Gasteiger partial charge in [0.2, 0.25) is 5.91 Å². The van der Waals surface area contributed by atoms with E-state index >= 15 is 0 Å². The Balaban J connectivity index is 2.02. The third kappa shape index (κ3) is 3.43. The fourth-order valence-electron chi connectivity index (χ4n) is 2.22. The number of rotatable bonds is 2. The molecule has 0 aliphatic carbocycles. The Kier molecular flexibility index (Phi) is 4.39. The molecular formula is C13H15BrF2N2O. The van der Waals surface area contributed by atoms with E-state index in [2.05, 4.69) is 21.2 Å². The second kappa shape index (κ2) is 5.86. The molecule has 1 N–H and O–H groups in total. The largest absolute Gasteiger partial charge is 0.379 e. The summed E-state index contributed by atoms with van der Waals surface area (Å²) >= 11 is 3.15. The van der Waals surface area contributed by atoms with Crippen LogP contribution >= 0.6 is 15.9 Å². The first-order valence-corrected chi connectivity index (χ1v) is 6.93. The Bertz CT molecular complexity index is 465. The molecule has 3 nitrogen and oxygen atoms in total. The molecule has 1 heterocycles. The van der Waals surface area contributed by atoms with Crippen molar-refractivity contribution in [2.45, 2.75) is 25.8 Å². The normalized spacial score (nSPS) is 16.5. The average Bonchev–Trinajstić information content (AvgIpc) is 2.34. The fraction of sp³-hybridized carbons (Fsp3) is 0.462. The summed E-state index contributed by atoms with van der Waals surface area (Å²) in [6, 6.07) is 2.18. The highest BCUT2D eigenvalue weighted by Gasteiger charge is 2.22. The van der Waals surface area contributed by atoms with Crippen LogP contribution in [0.4, 0.5) is 14.5 Å². The van der Waals surface area contributed by atoms with E-state index in [1.165, 1.54) is 6.07 Å². The molecule has 0 bridgehead atoms. The molecule has 0 saturated carbocycles. The molecule has 1 fully saturated rings. The standard InChI is InChI=1S/C13H15BrF2N2O/c1-8(19)18-4-2-10(3-5-18)17-13-11(14)6-9(15)7-12(13)16/h6-7,10,17H,2-5H2,1H3. The lowest BCUT2D eigenvalue weighted by molar-refractivity contribution is -0.129. The molecule has 1 aliphatic heterocycles. The van der Waals surface area contributed by atoms with Gasteiger partial charge in [0.05, 0.1) is 5.69 Å². The average molecular weight is 333 g/mol. The first kappa shape index (κ1) is 14.2. The molecule has 104 valence electrons. The van der Waals surface area contributed by atoms with Crippen LogP contribution in [0.5, 0.6) is 0 Å². The van der Waals surface area contributed by atoms with Crippen LogP contribution in [0.15, 0.2) is 16.6 Å². The van der Waals surface area contributed by atoms with Gasteiger partial charge in [-0.1, -0.05) is 0 Å². The van der Waals surface area contributed by atoms with Crippen molar-refractivity contribution in [2.24, 2.45) is 0 Å². The van der Waals surface area contributed by atoms with Crippen LogP contribution in [0.2, 0.25) is 0 Å². The molecule has 1 amide bonds. The van der Waals surface area contributed by atoms with E-state index in [-0.39, 0.29) is 17.6 Å². The van der Waals surface area contributed by atoms with E-state index in [1.54, 1.807) is 11.8 Å². The molecule has 2 rings (SSSR count). The van der Waals surface area contributed by atoms with E-state index in [4.69, 9.17) is 0 Å². The van der Waals surface area contributed by atoms with Crippen LogP contribution < -0.4 is 5.32 Å². The van der Waals surface area contributed by atoms with E-state index in [0.29, 0.717) is 17.6 Å². The minimum absolute atomic E-state index is 0.0626. The Morgan fingerprint density at radius 1 is 1.37 bits per heavy atom. The predicted octanol–water partition coefficient (Wildman–Crippen LogP) is 3.15. The topological polar surface area (TPSA) is 32.3 Å². The number of halogens is 3. The van der Waals surface area contributed by atoms with Crippen LogP contribution in [0.1, 0.15) is 19.8 Å². The van der Waals surface area contributed by atoms with Gasteiger partial charge in [0, 0.05) is 36.6 Å². The van der Waals surface area contributed by atoms with Crippen molar-refractivity contribution >= 4 is 27.5 Å². The van der Waals surface area contributed by atoms with Gasteiger partial charge in [-0.05, 0) is 34.8 Å². The van der Waals surface area contributed by atoms with Crippen molar-refractivity contribution in [3.8, 4) is 0 Å². The maximum atomic E-state index is 13.7. The number of anilines is 1. The first-order valence-electron chi connectivity index (χ1n) is 6.14. The van der Waals surface area contributed by atoms with E-state index in [0.717, 1.165) is 18.9 Å². The van der Waals surface area contributed by atoms with Crippen molar-refractivity contribution in [3.05, 3.63) is 28.2 Å². The zero-order valence-corrected chi connectivity index (χ0v) is 12.1. The van der Waals surface area contributed by atoms with Gasteiger partial charge in [0.1, 0.15) is 11.6 Å². The number of piperidine rings is 1. The highest BCUT2D eigenvalue weighted by molar-refractivity contribution is 9.10. The van der Waals surface area contributed by atoms with Crippen molar-refractivity contribution in [2.75, 3.05) is 18.4 Å². The lowest BCUT2D eigenvalue weighted by Crippen LogP contribution is -2.41. The molecular weight excluding hydrogens is 318 g/mol. The van der Waals surface area contributed by atoms with Crippen LogP contribution in [-0.2, 0) is 4.79 Å². The van der Waals surface area contributed by atoms with Crippen LogP contribution in [0.25, 0.3) is 0 Å². The molecule has 1 aromatic rings. The Labute approximate surface area is 119 Å². The molecule has 0 atom stereocenters. The minimum Gasteiger partial charge on any atom is -0.379 e. The molecule has 19 heavy (non-hydrogen) atoms. The third-order valence-corrected chi connectivity index (χ3v) is 3.92. The van der Waals surface area contributed by atoms with Crippen LogP contribution in [0, 0.1) is 11.6 Å². The second-order valence-electron chi connectivity index (χ2n) is 4.67. The first-order chi connectivity index (χ1) is 8.97. The van der Waals surface area contributed by atoms with Crippen molar-refractivity contribution in [1.29, 1.82) is 0 Å². The van der Waals surface area contributed by atoms with Gasteiger partial charge >= 0.3 is 0 Å². The summed E-state index contributed by atoms with van der Waals surface area (Å²) < 4.78 is 27.0. The molecule has 0 spiro atoms. The SMILES string of the molecule is CC(=O)N1CCC(Nc2c(F)cc(F)cc2Br)CC1. The number of nitrogens with zero attached hydrogens (tertiary/aromatic N) is 1. The highest BCUT2D eigenvalue weighted by Crippen LogP contribution is 2.29. The maximum Gasteiger partial charge on any atom is 0.219 e. The number of likely N-dealkylation sites (tertiary alicyclic amines) is 1. The lowest BCUT2D eigenvalue weighted by Gasteiger charge is -2.32. The van der Waals surface area contributed by atoms with Crippen LogP contribution in [0.3, 0.4) is 0 Å². The van der Waals surface area contributed by atoms with E-state index in [1.807, 2.05) is 0 Å².